The van der Waals surface area contributed by atoms with Crippen LogP contribution >= 0.6 is 27.7 Å². The quantitative estimate of drug-likeness (QED) is 0.916. The first-order chi connectivity index (χ1) is 7.75. The highest BCUT2D eigenvalue weighted by Crippen LogP contribution is 2.18. The van der Waals surface area contributed by atoms with Gasteiger partial charge in [0.2, 0.25) is 0 Å². The second-order valence-corrected chi connectivity index (χ2v) is 6.07. The SMILES string of the molecule is Fc1ccc(Br)cc1CCNC1CCSC1. The fourth-order valence-corrected chi connectivity index (χ4v) is 3.44. The number of rotatable bonds is 4. The Balaban J connectivity index is 1.82. The van der Waals surface area contributed by atoms with Crippen LogP contribution in [0.5, 0.6) is 0 Å². The highest BCUT2D eigenvalue weighted by molar-refractivity contribution is 9.10. The molecule has 1 aliphatic rings. The maximum Gasteiger partial charge on any atom is 0.126 e. The monoisotopic (exact) mass is 303 g/mol. The molecular weight excluding hydrogens is 289 g/mol. The minimum absolute atomic E-state index is 0.106. The summed E-state index contributed by atoms with van der Waals surface area (Å²) >= 11 is 5.35. The maximum atomic E-state index is 13.4. The fourth-order valence-electron chi connectivity index (χ4n) is 1.84. The van der Waals surface area contributed by atoms with Crippen LogP contribution < -0.4 is 5.32 Å². The van der Waals surface area contributed by atoms with E-state index in [1.165, 1.54) is 24.0 Å². The third-order valence-corrected chi connectivity index (χ3v) is 4.42. The lowest BCUT2D eigenvalue weighted by Crippen LogP contribution is -2.30. The number of hydrogen-bond donors (Lipinski definition) is 1. The summed E-state index contributed by atoms with van der Waals surface area (Å²) in [5.41, 5.74) is 0.785. The number of benzene rings is 1. The molecule has 1 atom stereocenters. The standard InChI is InChI=1S/C12H15BrFNS/c13-10-1-2-12(14)9(7-10)3-5-15-11-4-6-16-8-11/h1-2,7,11,15H,3-6,8H2. The van der Waals surface area contributed by atoms with E-state index in [0.29, 0.717) is 6.04 Å². The molecule has 1 fully saturated rings. The van der Waals surface area contributed by atoms with Crippen LogP contribution in [-0.2, 0) is 6.42 Å². The summed E-state index contributed by atoms with van der Waals surface area (Å²) in [4.78, 5) is 0. The second kappa shape index (κ2) is 6.03. The smallest absolute Gasteiger partial charge is 0.126 e. The molecule has 0 aliphatic carbocycles. The van der Waals surface area contributed by atoms with Crippen LogP contribution in [0, 0.1) is 5.82 Å². The van der Waals surface area contributed by atoms with Crippen LogP contribution in [0.3, 0.4) is 0 Å². The van der Waals surface area contributed by atoms with Gasteiger partial charge in [-0.15, -0.1) is 0 Å². The van der Waals surface area contributed by atoms with Gasteiger partial charge in [0.25, 0.3) is 0 Å². The van der Waals surface area contributed by atoms with E-state index >= 15 is 0 Å². The summed E-state index contributed by atoms with van der Waals surface area (Å²) in [5.74, 6) is 2.34. The molecule has 0 saturated carbocycles. The lowest BCUT2D eigenvalue weighted by atomic mass is 10.1. The molecule has 1 nitrogen and oxygen atoms in total. The van der Waals surface area contributed by atoms with Crippen molar-refractivity contribution in [3.05, 3.63) is 34.1 Å². The van der Waals surface area contributed by atoms with Crippen molar-refractivity contribution in [1.82, 2.24) is 5.32 Å². The van der Waals surface area contributed by atoms with Gasteiger partial charge in [-0.2, -0.15) is 11.8 Å². The largest absolute Gasteiger partial charge is 0.313 e. The van der Waals surface area contributed by atoms with Crippen molar-refractivity contribution in [2.75, 3.05) is 18.1 Å². The average Bonchev–Trinajstić information content (AvgIpc) is 2.76. The summed E-state index contributed by atoms with van der Waals surface area (Å²) in [6.07, 6.45) is 2.00. The van der Waals surface area contributed by atoms with Crippen molar-refractivity contribution in [1.29, 1.82) is 0 Å². The molecule has 1 saturated heterocycles. The lowest BCUT2D eigenvalue weighted by molar-refractivity contribution is 0.548. The average molecular weight is 304 g/mol. The van der Waals surface area contributed by atoms with E-state index in [0.717, 1.165) is 23.0 Å². The van der Waals surface area contributed by atoms with Crippen molar-refractivity contribution in [3.63, 3.8) is 0 Å². The first kappa shape index (κ1) is 12.4. The summed E-state index contributed by atoms with van der Waals surface area (Å²) in [7, 11) is 0. The van der Waals surface area contributed by atoms with Gasteiger partial charge in [-0.3, -0.25) is 0 Å². The molecule has 0 bridgehead atoms. The second-order valence-electron chi connectivity index (χ2n) is 4.00. The van der Waals surface area contributed by atoms with Crippen molar-refractivity contribution >= 4 is 27.7 Å². The van der Waals surface area contributed by atoms with Crippen molar-refractivity contribution in [2.45, 2.75) is 18.9 Å². The van der Waals surface area contributed by atoms with E-state index in [4.69, 9.17) is 0 Å². The van der Waals surface area contributed by atoms with Gasteiger partial charge in [0.05, 0.1) is 0 Å². The molecule has 16 heavy (non-hydrogen) atoms. The molecule has 1 aromatic rings. The van der Waals surface area contributed by atoms with Gasteiger partial charge >= 0.3 is 0 Å². The number of hydrogen-bond acceptors (Lipinski definition) is 2. The fraction of sp³-hybridized carbons (Fsp3) is 0.500. The molecule has 0 aromatic heterocycles. The van der Waals surface area contributed by atoms with E-state index in [-0.39, 0.29) is 5.82 Å². The van der Waals surface area contributed by atoms with E-state index in [2.05, 4.69) is 21.2 Å². The first-order valence-electron chi connectivity index (χ1n) is 5.51. The van der Waals surface area contributed by atoms with Gasteiger partial charge < -0.3 is 5.32 Å². The molecule has 0 amide bonds. The molecule has 1 unspecified atom stereocenters. The first-order valence-corrected chi connectivity index (χ1v) is 7.45. The van der Waals surface area contributed by atoms with Gasteiger partial charge in [-0.1, -0.05) is 15.9 Å². The molecule has 0 radical (unpaired) electrons. The van der Waals surface area contributed by atoms with Gasteiger partial charge in [0.15, 0.2) is 0 Å². The molecule has 1 aromatic carbocycles. The molecule has 1 N–H and O–H groups in total. The highest BCUT2D eigenvalue weighted by atomic mass is 79.9. The van der Waals surface area contributed by atoms with Crippen LogP contribution in [0.2, 0.25) is 0 Å². The molecular formula is C12H15BrFNS. The normalized spacial score (nSPS) is 20.2. The maximum absolute atomic E-state index is 13.4. The summed E-state index contributed by atoms with van der Waals surface area (Å²) in [6, 6.07) is 5.74. The number of halogens is 2. The molecule has 88 valence electrons. The zero-order valence-electron chi connectivity index (χ0n) is 9.01. The summed E-state index contributed by atoms with van der Waals surface area (Å²) < 4.78 is 14.4. The Morgan fingerprint density at radius 3 is 3.12 bits per heavy atom. The predicted octanol–water partition coefficient (Wildman–Crippen LogP) is 3.23. The van der Waals surface area contributed by atoms with Crippen molar-refractivity contribution in [3.8, 4) is 0 Å². The zero-order chi connectivity index (χ0) is 11.4. The van der Waals surface area contributed by atoms with Crippen LogP contribution in [0.1, 0.15) is 12.0 Å². The molecule has 0 spiro atoms. The van der Waals surface area contributed by atoms with Gasteiger partial charge in [0.1, 0.15) is 5.82 Å². The van der Waals surface area contributed by atoms with Gasteiger partial charge in [0, 0.05) is 16.3 Å². The van der Waals surface area contributed by atoms with Crippen LogP contribution in [0.25, 0.3) is 0 Å². The Labute approximate surface area is 108 Å². The van der Waals surface area contributed by atoms with Gasteiger partial charge in [-0.25, -0.2) is 4.39 Å². The van der Waals surface area contributed by atoms with Crippen LogP contribution in [0.15, 0.2) is 22.7 Å². The van der Waals surface area contributed by atoms with Crippen LogP contribution in [0.4, 0.5) is 4.39 Å². The van der Waals surface area contributed by atoms with E-state index in [1.807, 2.05) is 17.8 Å². The minimum atomic E-state index is -0.106. The Morgan fingerprint density at radius 2 is 2.38 bits per heavy atom. The van der Waals surface area contributed by atoms with Gasteiger partial charge in [-0.05, 0) is 48.9 Å². The number of thioether (sulfide) groups is 1. The molecule has 1 heterocycles. The molecule has 1 aliphatic heterocycles. The Bertz CT molecular complexity index is 353. The third-order valence-electron chi connectivity index (χ3n) is 2.76. The Hall–Kier alpha value is -0.0600. The number of nitrogens with one attached hydrogen (secondary N) is 1. The minimum Gasteiger partial charge on any atom is -0.313 e. The van der Waals surface area contributed by atoms with E-state index in [9.17, 15) is 4.39 Å². The Kier molecular flexibility index (Phi) is 4.67. The van der Waals surface area contributed by atoms with Crippen molar-refractivity contribution < 1.29 is 4.39 Å². The highest BCUT2D eigenvalue weighted by Gasteiger charge is 2.14. The molecule has 4 heteroatoms. The summed E-state index contributed by atoms with van der Waals surface area (Å²) in [6.45, 7) is 0.860. The lowest BCUT2D eigenvalue weighted by Gasteiger charge is -2.11. The topological polar surface area (TPSA) is 12.0 Å². The van der Waals surface area contributed by atoms with Crippen molar-refractivity contribution in [2.24, 2.45) is 0 Å². The van der Waals surface area contributed by atoms with E-state index in [1.54, 1.807) is 6.07 Å². The molecule has 2 rings (SSSR count). The Morgan fingerprint density at radius 1 is 1.50 bits per heavy atom. The third kappa shape index (κ3) is 3.47. The van der Waals surface area contributed by atoms with Crippen LogP contribution in [-0.4, -0.2) is 24.1 Å². The zero-order valence-corrected chi connectivity index (χ0v) is 11.4. The summed E-state index contributed by atoms with van der Waals surface area (Å²) in [5, 5.41) is 3.47. The van der Waals surface area contributed by atoms with E-state index < -0.39 is 0 Å². The predicted molar refractivity (Wildman–Crippen MR) is 71.5 cm³/mol.